The zero-order chi connectivity index (χ0) is 67.0. The summed E-state index contributed by atoms with van der Waals surface area (Å²) in [5.74, 6) is 1.19. The SMILES string of the molecule is COc1ccc(C(OC[C@H]2O[C@@H](n3cc(C)c(=O)[nH]c3=O)C[C@@H]2OP(=S)(OCCC#N)O[C@@H](CCOS(=O)(=O)c2ccc(C)cc2)[C@H]2O[C@@H](n3cc(C)c(=O)[nH]c3=O)C[C@@H]2O[Si](c2ccccc2)(c2ccccc2)C(C)(C)C)(c2ccccc2)c2ccc(OC)cc2)cc1. The first-order valence-electron chi connectivity index (χ1n) is 30.7. The van der Waals surface area contributed by atoms with Gasteiger partial charge in [-0.1, -0.05) is 154 Å². The third kappa shape index (κ3) is 15.0. The fraction of sp³-hybridized carbons (Fsp3) is 0.348. The highest BCUT2D eigenvalue weighted by atomic mass is 32.5. The van der Waals surface area contributed by atoms with Gasteiger partial charge in [-0.2, -0.15) is 13.7 Å². The van der Waals surface area contributed by atoms with Crippen molar-refractivity contribution in [2.75, 3.05) is 34.0 Å². The fourth-order valence-corrected chi connectivity index (χ4v) is 20.3. The number of hydrogen-bond donors (Lipinski definition) is 2. The largest absolute Gasteiger partial charge is 0.497 e. The van der Waals surface area contributed by atoms with E-state index in [1.54, 1.807) is 40.2 Å². The number of aryl methyl sites for hydroxylation is 3. The molecule has 1 unspecified atom stereocenters. The number of methoxy groups -OCH3 is 2. The third-order valence-electron chi connectivity index (χ3n) is 16.9. The summed E-state index contributed by atoms with van der Waals surface area (Å²) in [5, 5.41) is 11.2. The first-order chi connectivity index (χ1) is 45.0. The van der Waals surface area contributed by atoms with Crippen LogP contribution >= 0.6 is 6.72 Å². The molecule has 6 aromatic carbocycles. The number of hydrogen-bond acceptors (Lipinski definition) is 18. The lowest BCUT2D eigenvalue weighted by Crippen LogP contribution is -2.68. The molecule has 25 heteroatoms. The molecule has 494 valence electrons. The van der Waals surface area contributed by atoms with Crippen LogP contribution in [-0.4, -0.2) is 100 Å². The summed E-state index contributed by atoms with van der Waals surface area (Å²) in [7, 11) is -4.85. The summed E-state index contributed by atoms with van der Waals surface area (Å²) >= 11 is 6.58. The van der Waals surface area contributed by atoms with E-state index >= 15 is 0 Å². The Morgan fingerprint density at radius 1 is 0.670 bits per heavy atom. The molecule has 0 radical (unpaired) electrons. The van der Waals surface area contributed by atoms with E-state index in [4.69, 9.17) is 57.7 Å². The monoisotopic (exact) mass is 1350 g/mol. The van der Waals surface area contributed by atoms with Crippen molar-refractivity contribution in [1.29, 1.82) is 5.26 Å². The molecular formula is C69H76N5O16PS2Si. The Balaban J connectivity index is 1.11. The van der Waals surface area contributed by atoms with E-state index in [1.807, 2.05) is 146 Å². The van der Waals surface area contributed by atoms with E-state index in [-0.39, 0.29) is 54.9 Å². The van der Waals surface area contributed by atoms with Gasteiger partial charge in [-0.25, -0.2) is 9.59 Å². The van der Waals surface area contributed by atoms with Gasteiger partial charge in [0.1, 0.15) is 41.8 Å². The van der Waals surface area contributed by atoms with Crippen LogP contribution in [0.1, 0.15) is 92.3 Å². The Morgan fingerprint density at radius 2 is 1.16 bits per heavy atom. The van der Waals surface area contributed by atoms with Crippen LogP contribution in [0.4, 0.5) is 0 Å². The molecule has 8 atom stereocenters. The van der Waals surface area contributed by atoms with Crippen molar-refractivity contribution in [2.45, 2.75) is 126 Å². The lowest BCUT2D eigenvalue weighted by Gasteiger charge is -2.46. The summed E-state index contributed by atoms with van der Waals surface area (Å²) in [6.07, 6.45) is -6.07. The molecule has 0 saturated carbocycles. The van der Waals surface area contributed by atoms with E-state index in [0.29, 0.717) is 22.6 Å². The molecular weight excluding hydrogens is 1280 g/mol. The number of ether oxygens (including phenoxy) is 5. The van der Waals surface area contributed by atoms with Gasteiger partial charge in [-0.05, 0) is 101 Å². The molecule has 0 amide bonds. The Hall–Kier alpha value is -7.73. The molecule has 94 heavy (non-hydrogen) atoms. The number of aromatic nitrogens is 4. The maximum atomic E-state index is 14.1. The Kier molecular flexibility index (Phi) is 21.7. The van der Waals surface area contributed by atoms with Crippen molar-refractivity contribution < 1.29 is 54.3 Å². The Labute approximate surface area is 551 Å². The van der Waals surface area contributed by atoms with Crippen molar-refractivity contribution >= 4 is 47.3 Å². The third-order valence-corrected chi connectivity index (χ3v) is 25.7. The average Bonchev–Trinajstić information content (AvgIpc) is 0.830. The minimum Gasteiger partial charge on any atom is -0.497 e. The number of aromatic amines is 2. The van der Waals surface area contributed by atoms with Gasteiger partial charge in [-0.3, -0.25) is 32.9 Å². The predicted octanol–water partition coefficient (Wildman–Crippen LogP) is 9.28. The molecule has 2 aliphatic rings. The van der Waals surface area contributed by atoms with Crippen LogP contribution in [0.3, 0.4) is 0 Å². The molecule has 8 aromatic rings. The molecule has 10 rings (SSSR count). The summed E-state index contributed by atoms with van der Waals surface area (Å²) < 4.78 is 98.0. The van der Waals surface area contributed by atoms with Crippen LogP contribution in [0, 0.1) is 32.1 Å². The molecule has 2 fully saturated rings. The van der Waals surface area contributed by atoms with Gasteiger partial charge < -0.3 is 41.7 Å². The predicted molar refractivity (Wildman–Crippen MR) is 359 cm³/mol. The number of nitrogens with zero attached hydrogens (tertiary/aromatic N) is 3. The van der Waals surface area contributed by atoms with E-state index in [9.17, 15) is 32.9 Å². The molecule has 0 bridgehead atoms. The lowest BCUT2D eigenvalue weighted by atomic mass is 9.80. The summed E-state index contributed by atoms with van der Waals surface area (Å²) in [5.41, 5.74) is -0.756. The number of nitriles is 1. The molecule has 2 aromatic heterocycles. The zero-order valence-corrected chi connectivity index (χ0v) is 56.9. The van der Waals surface area contributed by atoms with Gasteiger partial charge in [0.15, 0.2) is 0 Å². The Bertz CT molecular complexity index is 4270. The van der Waals surface area contributed by atoms with Crippen LogP contribution in [0.25, 0.3) is 0 Å². The van der Waals surface area contributed by atoms with Gasteiger partial charge in [0.05, 0.1) is 69.7 Å². The second-order valence-corrected chi connectivity index (χ2v) is 32.9. The second-order valence-electron chi connectivity index (χ2n) is 24.1. The molecule has 0 aliphatic carbocycles. The van der Waals surface area contributed by atoms with Gasteiger partial charge in [0.25, 0.3) is 29.6 Å². The van der Waals surface area contributed by atoms with E-state index in [1.165, 1.54) is 33.7 Å². The highest BCUT2D eigenvalue weighted by Gasteiger charge is 2.56. The first kappa shape index (κ1) is 69.1. The maximum absolute atomic E-state index is 14.1. The lowest BCUT2D eigenvalue weighted by molar-refractivity contribution is -0.0991. The van der Waals surface area contributed by atoms with Crippen LogP contribution in [-0.2, 0) is 63.9 Å². The minimum atomic E-state index is -4.42. The van der Waals surface area contributed by atoms with Gasteiger partial charge in [0, 0.05) is 42.8 Å². The van der Waals surface area contributed by atoms with Crippen molar-refractivity contribution in [1.82, 2.24) is 19.1 Å². The van der Waals surface area contributed by atoms with Crippen molar-refractivity contribution in [3.63, 3.8) is 0 Å². The molecule has 21 nitrogen and oxygen atoms in total. The molecule has 2 aliphatic heterocycles. The minimum absolute atomic E-state index is 0.0155. The van der Waals surface area contributed by atoms with Crippen LogP contribution in [0.5, 0.6) is 11.5 Å². The van der Waals surface area contributed by atoms with E-state index in [2.05, 4.69) is 36.8 Å². The van der Waals surface area contributed by atoms with Crippen molar-refractivity contribution in [2.24, 2.45) is 0 Å². The summed E-state index contributed by atoms with van der Waals surface area (Å²) in [6.45, 7) is 5.72. The molecule has 2 N–H and O–H groups in total. The second kappa shape index (κ2) is 29.5. The fourth-order valence-electron chi connectivity index (χ4n) is 12.2. The zero-order valence-electron chi connectivity index (χ0n) is 53.4. The smallest absolute Gasteiger partial charge is 0.330 e. The Morgan fingerprint density at radius 3 is 1.66 bits per heavy atom. The first-order valence-corrected chi connectivity index (χ1v) is 36.6. The van der Waals surface area contributed by atoms with Crippen molar-refractivity contribution in [3.8, 4) is 17.6 Å². The number of benzene rings is 6. The normalized spacial score (nSPS) is 19.5. The molecule has 4 heterocycles. The van der Waals surface area contributed by atoms with Crippen LogP contribution in [0.15, 0.2) is 200 Å². The van der Waals surface area contributed by atoms with Crippen LogP contribution < -0.4 is 42.3 Å². The average molecular weight is 1350 g/mol. The number of rotatable bonds is 27. The quantitative estimate of drug-likeness (QED) is 0.0160. The molecule has 2 saturated heterocycles. The topological polar surface area (TPSA) is 260 Å². The molecule has 0 spiro atoms. The van der Waals surface area contributed by atoms with Crippen LogP contribution in [0.2, 0.25) is 5.04 Å². The van der Waals surface area contributed by atoms with Gasteiger partial charge >= 0.3 is 18.1 Å². The summed E-state index contributed by atoms with van der Waals surface area (Å²) in [4.78, 5) is 58.4. The standard InChI is InChI=1S/C69H76N5O16PS2Si/c1-46-25-35-54(36-26-46)93(79,80)85-40-37-57(63-59(42-62(87-63)74-44-48(3)65(76)72-67(74)78)90-94(68(4,5)6,55-21-14-10-15-22-55)56-23-16-11-17-24-56)88-91(92,84-39-18-38-70)89-58-41-61(73-43-47(2)64(75)71-66(73)77)86-60(58)45-83-69(49-19-12-9-13-20-49,50-27-31-52(81-7)32-28-50)51-29-33-53(82-8)34-30-51/h9-17,19-36,43-44,57-63H,18,37,39-42,45H2,1-8H3,(H,71,75,77)(H,72,76,78)/t57-,58-,59-,60+,61+,62+,63+,91?/m0/s1. The van der Waals surface area contributed by atoms with E-state index < -0.39 is 108 Å². The maximum Gasteiger partial charge on any atom is 0.330 e. The summed E-state index contributed by atoms with van der Waals surface area (Å²) in [6, 6.07) is 52.4. The van der Waals surface area contributed by atoms with Gasteiger partial charge in [0.2, 0.25) is 0 Å². The highest BCUT2D eigenvalue weighted by Crippen LogP contribution is 2.57. The van der Waals surface area contributed by atoms with Crippen molar-refractivity contribution in [3.05, 3.63) is 251 Å². The van der Waals surface area contributed by atoms with E-state index in [0.717, 1.165) is 21.5 Å². The van der Waals surface area contributed by atoms with Gasteiger partial charge in [-0.15, -0.1) is 0 Å². The number of H-pyrrole nitrogens is 2. The highest BCUT2D eigenvalue weighted by molar-refractivity contribution is 8.07. The number of nitrogens with one attached hydrogen (secondary N) is 2.